The maximum atomic E-state index is 13.9. The van der Waals surface area contributed by atoms with E-state index in [1.165, 1.54) is 17.6 Å². The minimum atomic E-state index is -0.742. The summed E-state index contributed by atoms with van der Waals surface area (Å²) in [6, 6.07) is 7.72. The number of halogens is 2. The second-order valence-electron chi connectivity index (χ2n) is 7.61. The van der Waals surface area contributed by atoms with Gasteiger partial charge in [0.1, 0.15) is 11.6 Å². The highest BCUT2D eigenvalue weighted by Crippen LogP contribution is 2.30. The fourth-order valence-electron chi connectivity index (χ4n) is 3.73. The van der Waals surface area contributed by atoms with Crippen molar-refractivity contribution < 1.29 is 27.6 Å². The van der Waals surface area contributed by atoms with Crippen LogP contribution >= 0.6 is 11.3 Å². The zero-order chi connectivity index (χ0) is 22.8. The van der Waals surface area contributed by atoms with Gasteiger partial charge in [-0.25, -0.2) is 8.78 Å². The van der Waals surface area contributed by atoms with E-state index in [2.05, 4.69) is 5.32 Å². The van der Waals surface area contributed by atoms with Crippen LogP contribution in [0.5, 0.6) is 0 Å². The van der Waals surface area contributed by atoms with E-state index in [4.69, 9.17) is 4.42 Å². The van der Waals surface area contributed by atoms with Crippen molar-refractivity contribution in [3.8, 4) is 0 Å². The van der Waals surface area contributed by atoms with Crippen molar-refractivity contribution in [3.05, 3.63) is 76.1 Å². The second kappa shape index (κ2) is 9.04. The monoisotopic (exact) mass is 458 g/mol. The summed E-state index contributed by atoms with van der Waals surface area (Å²) in [6.07, 6.45) is 2.14. The lowest BCUT2D eigenvalue weighted by Crippen LogP contribution is -2.40. The molecule has 0 atom stereocenters. The number of piperidine rings is 1. The summed E-state index contributed by atoms with van der Waals surface area (Å²) in [4.78, 5) is 39.9. The fraction of sp³-hybridized carbons (Fsp3) is 0.261. The number of rotatable bonds is 5. The predicted octanol–water partition coefficient (Wildman–Crippen LogP) is 4.92. The summed E-state index contributed by atoms with van der Waals surface area (Å²) < 4.78 is 32.4. The Kier molecular flexibility index (Phi) is 6.18. The molecular formula is C23H20F2N2O4S. The van der Waals surface area contributed by atoms with Crippen LogP contribution in [0.15, 0.2) is 47.1 Å². The first-order valence-electron chi connectivity index (χ1n) is 10.1. The Hall–Kier alpha value is -3.33. The normalized spacial score (nSPS) is 14.4. The summed E-state index contributed by atoms with van der Waals surface area (Å²) in [5.74, 6) is -2.73. The molecule has 1 aliphatic heterocycles. The van der Waals surface area contributed by atoms with Gasteiger partial charge in [-0.2, -0.15) is 0 Å². The van der Waals surface area contributed by atoms with Gasteiger partial charge in [0.15, 0.2) is 11.5 Å². The van der Waals surface area contributed by atoms with Gasteiger partial charge in [0.05, 0.1) is 21.7 Å². The largest absolute Gasteiger partial charge is 0.459 e. The van der Waals surface area contributed by atoms with Gasteiger partial charge in [-0.05, 0) is 61.7 Å². The molecule has 4 rings (SSSR count). The molecule has 0 spiro atoms. The van der Waals surface area contributed by atoms with Crippen LogP contribution in [0.1, 0.15) is 49.0 Å². The lowest BCUT2D eigenvalue weighted by atomic mass is 9.88. The first-order chi connectivity index (χ1) is 15.3. The molecule has 0 unspecified atom stereocenters. The van der Waals surface area contributed by atoms with E-state index in [0.717, 1.165) is 23.8 Å². The molecule has 1 aliphatic rings. The number of likely N-dealkylation sites (tertiary alicyclic amines) is 1. The van der Waals surface area contributed by atoms with Crippen molar-refractivity contribution in [2.24, 2.45) is 5.92 Å². The van der Waals surface area contributed by atoms with E-state index < -0.39 is 29.2 Å². The first-order valence-corrected chi connectivity index (χ1v) is 10.9. The Morgan fingerprint density at radius 3 is 2.56 bits per heavy atom. The lowest BCUT2D eigenvalue weighted by molar-refractivity contribution is 0.0652. The SMILES string of the molecule is Cc1cc(NC(=O)c2ccco2)sc1C(=O)N1CCC(C(=O)c2cc(F)ccc2F)CC1. The zero-order valence-corrected chi connectivity index (χ0v) is 18.0. The number of nitrogens with one attached hydrogen (secondary N) is 1. The number of carbonyl (C=O) groups is 3. The average molecular weight is 458 g/mol. The molecule has 9 heteroatoms. The highest BCUT2D eigenvalue weighted by atomic mass is 32.1. The zero-order valence-electron chi connectivity index (χ0n) is 17.2. The van der Waals surface area contributed by atoms with Gasteiger partial charge in [0.2, 0.25) is 0 Å². The van der Waals surface area contributed by atoms with Gasteiger partial charge in [0, 0.05) is 19.0 Å². The Morgan fingerprint density at radius 1 is 1.12 bits per heavy atom. The van der Waals surface area contributed by atoms with Crippen molar-refractivity contribution >= 4 is 33.9 Å². The summed E-state index contributed by atoms with van der Waals surface area (Å²) in [5.41, 5.74) is 0.482. The van der Waals surface area contributed by atoms with Crippen LogP contribution in [-0.2, 0) is 0 Å². The van der Waals surface area contributed by atoms with E-state index in [1.807, 2.05) is 0 Å². The minimum Gasteiger partial charge on any atom is -0.459 e. The third-order valence-corrected chi connectivity index (χ3v) is 6.58. The predicted molar refractivity (Wildman–Crippen MR) is 115 cm³/mol. The quantitative estimate of drug-likeness (QED) is 0.551. The Labute approximate surface area is 186 Å². The van der Waals surface area contributed by atoms with Crippen molar-refractivity contribution in [2.75, 3.05) is 18.4 Å². The van der Waals surface area contributed by atoms with E-state index >= 15 is 0 Å². The van der Waals surface area contributed by atoms with Crippen LogP contribution < -0.4 is 5.32 Å². The molecule has 0 saturated carbocycles. The van der Waals surface area contributed by atoms with Crippen LogP contribution in [0.2, 0.25) is 0 Å². The van der Waals surface area contributed by atoms with Crippen molar-refractivity contribution in [2.45, 2.75) is 19.8 Å². The standard InChI is InChI=1S/C23H20F2N2O4S/c1-13-11-19(26-22(29)18-3-2-10-31-18)32-21(13)23(30)27-8-6-14(7-9-27)20(28)16-12-15(24)4-5-17(16)25/h2-5,10-12,14H,6-9H2,1H3,(H,26,29). The second-order valence-corrected chi connectivity index (χ2v) is 8.66. The Balaban J connectivity index is 1.39. The van der Waals surface area contributed by atoms with Crippen LogP contribution in [0.25, 0.3) is 0 Å². The average Bonchev–Trinajstić information content (AvgIpc) is 3.44. The molecule has 166 valence electrons. The number of furan rings is 1. The first kappa shape index (κ1) is 21.9. The fourth-order valence-corrected chi connectivity index (χ4v) is 4.77. The Bertz CT molecular complexity index is 1160. The maximum Gasteiger partial charge on any atom is 0.291 e. The molecule has 0 radical (unpaired) electrons. The molecule has 1 aromatic carbocycles. The molecule has 1 N–H and O–H groups in total. The highest BCUT2D eigenvalue weighted by molar-refractivity contribution is 7.18. The number of amides is 2. The van der Waals surface area contributed by atoms with Gasteiger partial charge < -0.3 is 14.6 Å². The number of benzene rings is 1. The molecule has 6 nitrogen and oxygen atoms in total. The number of aryl methyl sites for hydroxylation is 1. The molecule has 0 aliphatic carbocycles. The Morgan fingerprint density at radius 2 is 1.88 bits per heavy atom. The van der Waals surface area contributed by atoms with Gasteiger partial charge >= 0.3 is 0 Å². The molecule has 2 aromatic heterocycles. The van der Waals surface area contributed by atoms with Crippen LogP contribution in [0.4, 0.5) is 13.8 Å². The summed E-state index contributed by atoms with van der Waals surface area (Å²) in [7, 11) is 0. The van der Waals surface area contributed by atoms with Gasteiger partial charge in [-0.3, -0.25) is 14.4 Å². The minimum absolute atomic E-state index is 0.172. The third kappa shape index (κ3) is 4.47. The number of anilines is 1. The summed E-state index contributed by atoms with van der Waals surface area (Å²) in [6.45, 7) is 2.45. The number of Topliss-reactive ketones (excluding diaryl/α,β-unsaturated/α-hetero) is 1. The van der Waals surface area contributed by atoms with Crippen LogP contribution in [0, 0.1) is 24.5 Å². The summed E-state index contributed by atoms with van der Waals surface area (Å²) >= 11 is 1.17. The van der Waals surface area contributed by atoms with Gasteiger partial charge in [-0.15, -0.1) is 11.3 Å². The van der Waals surface area contributed by atoms with E-state index in [-0.39, 0.29) is 17.2 Å². The third-order valence-electron chi connectivity index (χ3n) is 5.44. The topological polar surface area (TPSA) is 79.6 Å². The van der Waals surface area contributed by atoms with E-state index in [0.29, 0.717) is 35.8 Å². The highest BCUT2D eigenvalue weighted by Gasteiger charge is 2.31. The number of hydrogen-bond acceptors (Lipinski definition) is 5. The van der Waals surface area contributed by atoms with E-state index in [9.17, 15) is 23.2 Å². The molecule has 0 bridgehead atoms. The molecule has 3 heterocycles. The van der Waals surface area contributed by atoms with Crippen molar-refractivity contribution in [1.29, 1.82) is 0 Å². The van der Waals surface area contributed by atoms with E-state index in [1.54, 1.807) is 30.0 Å². The summed E-state index contributed by atoms with van der Waals surface area (Å²) in [5, 5.41) is 3.24. The smallest absolute Gasteiger partial charge is 0.291 e. The molecule has 1 saturated heterocycles. The van der Waals surface area contributed by atoms with Crippen LogP contribution in [-0.4, -0.2) is 35.6 Å². The molecular weight excluding hydrogens is 438 g/mol. The van der Waals surface area contributed by atoms with Crippen molar-refractivity contribution in [3.63, 3.8) is 0 Å². The number of nitrogens with zero attached hydrogens (tertiary/aromatic N) is 1. The number of thiophene rings is 1. The number of hydrogen-bond donors (Lipinski definition) is 1. The number of ketones is 1. The number of carbonyl (C=O) groups excluding carboxylic acids is 3. The van der Waals surface area contributed by atoms with Crippen LogP contribution in [0.3, 0.4) is 0 Å². The van der Waals surface area contributed by atoms with Gasteiger partial charge in [0.25, 0.3) is 11.8 Å². The van der Waals surface area contributed by atoms with Crippen molar-refractivity contribution in [1.82, 2.24) is 4.90 Å². The molecule has 32 heavy (non-hydrogen) atoms. The molecule has 2 amide bonds. The molecule has 3 aromatic rings. The lowest BCUT2D eigenvalue weighted by Gasteiger charge is -2.31. The van der Waals surface area contributed by atoms with Gasteiger partial charge in [-0.1, -0.05) is 0 Å². The molecule has 1 fully saturated rings. The maximum absolute atomic E-state index is 13.9.